The molecule has 0 aromatic heterocycles. The van der Waals surface area contributed by atoms with Crippen molar-refractivity contribution in [3.05, 3.63) is 49.0 Å². The molecule has 0 aliphatic carbocycles. The van der Waals surface area contributed by atoms with Crippen molar-refractivity contribution in [3.8, 4) is 0 Å². The van der Waals surface area contributed by atoms with E-state index in [-0.39, 0.29) is 0 Å². The fourth-order valence-electron chi connectivity index (χ4n) is 0.455. The average Bonchev–Trinajstić information content (AvgIpc) is 1.87. The van der Waals surface area contributed by atoms with E-state index in [1.54, 1.807) is 12.3 Å². The van der Waals surface area contributed by atoms with Gasteiger partial charge < -0.3 is 11.1 Å². The summed E-state index contributed by atoms with van der Waals surface area (Å²) in [5.41, 5.74) is 6.88. The van der Waals surface area contributed by atoms with E-state index in [0.29, 0.717) is 0 Å². The second-order valence-electron chi connectivity index (χ2n) is 2.21. The van der Waals surface area contributed by atoms with E-state index in [2.05, 4.69) is 18.5 Å². The predicted molar refractivity (Wildman–Crippen MR) is 49.6 cm³/mol. The first kappa shape index (κ1) is 9.56. The Hall–Kier alpha value is -1.44. The van der Waals surface area contributed by atoms with Gasteiger partial charge in [0, 0.05) is 11.9 Å². The number of allylic oxidation sites excluding steroid dienone is 3. The van der Waals surface area contributed by atoms with Crippen molar-refractivity contribution in [2.45, 2.75) is 6.92 Å². The minimum Gasteiger partial charge on any atom is -0.405 e. The minimum absolute atomic E-state index is 0.755. The molecular formula is C9H14N2. The molecule has 0 aliphatic rings. The zero-order valence-electron chi connectivity index (χ0n) is 6.80. The standard InChI is InChI=1S/C9H14N2/c1-8(2)5-7-11-9(3)4-6-10/h4-7,11H,1,3,10H2,2H3/b6-4-,7-5-. The molecule has 0 aromatic rings. The maximum Gasteiger partial charge on any atom is 0.0321 e. The highest BCUT2D eigenvalue weighted by molar-refractivity contribution is 5.17. The van der Waals surface area contributed by atoms with E-state index in [1.165, 1.54) is 6.20 Å². The van der Waals surface area contributed by atoms with Crippen molar-refractivity contribution in [1.82, 2.24) is 5.32 Å². The lowest BCUT2D eigenvalue weighted by Crippen LogP contribution is -2.00. The van der Waals surface area contributed by atoms with E-state index < -0.39 is 0 Å². The molecule has 0 rings (SSSR count). The van der Waals surface area contributed by atoms with Crippen LogP contribution in [-0.4, -0.2) is 0 Å². The van der Waals surface area contributed by atoms with E-state index in [4.69, 9.17) is 5.73 Å². The Morgan fingerprint density at radius 1 is 1.36 bits per heavy atom. The molecule has 11 heavy (non-hydrogen) atoms. The molecule has 3 N–H and O–H groups in total. The lowest BCUT2D eigenvalue weighted by atomic mass is 10.3. The first-order valence-electron chi connectivity index (χ1n) is 3.32. The first-order chi connectivity index (χ1) is 5.16. The summed E-state index contributed by atoms with van der Waals surface area (Å²) in [6.45, 7) is 9.30. The SMILES string of the molecule is C=C(C)/C=C\NC(=C)/C=C\N. The maximum absolute atomic E-state index is 5.14. The van der Waals surface area contributed by atoms with Gasteiger partial charge in [-0.1, -0.05) is 18.7 Å². The van der Waals surface area contributed by atoms with Crippen LogP contribution in [0.3, 0.4) is 0 Å². The second kappa shape index (κ2) is 5.35. The molecule has 0 bridgehead atoms. The van der Waals surface area contributed by atoms with E-state index >= 15 is 0 Å². The quantitative estimate of drug-likeness (QED) is 0.598. The van der Waals surface area contributed by atoms with Crippen molar-refractivity contribution in [3.63, 3.8) is 0 Å². The van der Waals surface area contributed by atoms with E-state index in [1.807, 2.05) is 13.0 Å². The number of nitrogens with two attached hydrogens (primary N) is 1. The zero-order valence-corrected chi connectivity index (χ0v) is 6.80. The Balaban J connectivity index is 3.70. The fraction of sp³-hybridized carbons (Fsp3) is 0.111. The van der Waals surface area contributed by atoms with Crippen LogP contribution < -0.4 is 11.1 Å². The summed E-state index contributed by atoms with van der Waals surface area (Å²) in [6, 6.07) is 0. The second-order valence-corrected chi connectivity index (χ2v) is 2.21. The lowest BCUT2D eigenvalue weighted by Gasteiger charge is -1.96. The molecule has 2 heteroatoms. The van der Waals surface area contributed by atoms with Crippen LogP contribution in [0, 0.1) is 0 Å². The van der Waals surface area contributed by atoms with Crippen LogP contribution in [0.1, 0.15) is 6.92 Å². The molecule has 60 valence electrons. The smallest absolute Gasteiger partial charge is 0.0321 e. The fourth-order valence-corrected chi connectivity index (χ4v) is 0.455. The molecule has 0 saturated heterocycles. The maximum atomic E-state index is 5.14. The highest BCUT2D eigenvalue weighted by Gasteiger charge is 1.78. The number of hydrogen-bond donors (Lipinski definition) is 2. The van der Waals surface area contributed by atoms with Gasteiger partial charge in [0.15, 0.2) is 0 Å². The predicted octanol–water partition coefficient (Wildman–Crippen LogP) is 1.65. The van der Waals surface area contributed by atoms with Crippen molar-refractivity contribution >= 4 is 0 Å². The van der Waals surface area contributed by atoms with Crippen molar-refractivity contribution in [1.29, 1.82) is 0 Å². The monoisotopic (exact) mass is 150 g/mol. The molecule has 0 atom stereocenters. The Bertz CT molecular complexity index is 200. The molecule has 0 radical (unpaired) electrons. The molecule has 0 amide bonds. The highest BCUT2D eigenvalue weighted by Crippen LogP contribution is 1.89. The number of rotatable bonds is 4. The van der Waals surface area contributed by atoms with Gasteiger partial charge in [-0.25, -0.2) is 0 Å². The molecule has 2 nitrogen and oxygen atoms in total. The summed E-state index contributed by atoms with van der Waals surface area (Å²) < 4.78 is 0. The van der Waals surface area contributed by atoms with Crippen LogP contribution in [0.5, 0.6) is 0 Å². The Morgan fingerprint density at radius 3 is 2.45 bits per heavy atom. The molecule has 0 saturated carbocycles. The molecule has 0 fully saturated rings. The van der Waals surface area contributed by atoms with Crippen molar-refractivity contribution in [2.75, 3.05) is 0 Å². The summed E-state index contributed by atoms with van der Waals surface area (Å²) in [5, 5.41) is 2.91. The summed E-state index contributed by atoms with van der Waals surface area (Å²) in [7, 11) is 0. The van der Waals surface area contributed by atoms with Gasteiger partial charge in [0.1, 0.15) is 0 Å². The lowest BCUT2D eigenvalue weighted by molar-refractivity contribution is 1.11. The summed E-state index contributed by atoms with van der Waals surface area (Å²) in [4.78, 5) is 0. The van der Waals surface area contributed by atoms with Gasteiger partial charge >= 0.3 is 0 Å². The van der Waals surface area contributed by atoms with Crippen molar-refractivity contribution in [2.24, 2.45) is 5.73 Å². The van der Waals surface area contributed by atoms with Crippen LogP contribution in [0.25, 0.3) is 0 Å². The molecule has 0 unspecified atom stereocenters. The average molecular weight is 150 g/mol. The highest BCUT2D eigenvalue weighted by atomic mass is 14.8. The molecule has 0 spiro atoms. The largest absolute Gasteiger partial charge is 0.405 e. The third-order valence-corrected chi connectivity index (χ3v) is 0.934. The van der Waals surface area contributed by atoms with Gasteiger partial charge in [-0.15, -0.1) is 0 Å². The van der Waals surface area contributed by atoms with Gasteiger partial charge in [-0.3, -0.25) is 0 Å². The van der Waals surface area contributed by atoms with Crippen LogP contribution >= 0.6 is 0 Å². The topological polar surface area (TPSA) is 38.0 Å². The van der Waals surface area contributed by atoms with Gasteiger partial charge in [0.25, 0.3) is 0 Å². The minimum atomic E-state index is 0.755. The number of hydrogen-bond acceptors (Lipinski definition) is 2. The molecule has 0 heterocycles. The number of nitrogens with one attached hydrogen (secondary N) is 1. The van der Waals surface area contributed by atoms with E-state index in [0.717, 1.165) is 11.3 Å². The van der Waals surface area contributed by atoms with Crippen LogP contribution in [0.4, 0.5) is 0 Å². The van der Waals surface area contributed by atoms with Gasteiger partial charge in [0.2, 0.25) is 0 Å². The molecule has 0 aromatic carbocycles. The van der Waals surface area contributed by atoms with Gasteiger partial charge in [-0.05, 0) is 25.3 Å². The Morgan fingerprint density at radius 2 is 2.00 bits per heavy atom. The summed E-state index contributed by atoms with van der Waals surface area (Å²) in [6.07, 6.45) is 6.74. The third kappa shape index (κ3) is 6.45. The summed E-state index contributed by atoms with van der Waals surface area (Å²) >= 11 is 0. The van der Waals surface area contributed by atoms with Gasteiger partial charge in [-0.2, -0.15) is 0 Å². The van der Waals surface area contributed by atoms with Crippen LogP contribution in [0.15, 0.2) is 49.0 Å². The van der Waals surface area contributed by atoms with Gasteiger partial charge in [0.05, 0.1) is 0 Å². The Kier molecular flexibility index (Phi) is 4.65. The Labute approximate surface area is 67.8 Å². The van der Waals surface area contributed by atoms with Crippen molar-refractivity contribution < 1.29 is 0 Å². The van der Waals surface area contributed by atoms with Crippen LogP contribution in [0.2, 0.25) is 0 Å². The first-order valence-corrected chi connectivity index (χ1v) is 3.32. The zero-order chi connectivity index (χ0) is 8.69. The molecule has 0 aliphatic heterocycles. The normalized spacial score (nSPS) is 10.6. The van der Waals surface area contributed by atoms with E-state index in [9.17, 15) is 0 Å². The molecular weight excluding hydrogens is 136 g/mol. The summed E-state index contributed by atoms with van der Waals surface area (Å²) in [5.74, 6) is 0. The third-order valence-electron chi connectivity index (χ3n) is 0.934. The van der Waals surface area contributed by atoms with Crippen LogP contribution in [-0.2, 0) is 0 Å².